The SMILES string of the molecule is COC(=O)c1ccc(-c2ccc(C=C3C=C(c4ccccc4)N(c4cccnc4)C3=O)o2)cc1. The molecule has 0 saturated carbocycles. The number of esters is 1. The summed E-state index contributed by atoms with van der Waals surface area (Å²) in [6, 6.07) is 24.0. The molecule has 6 nitrogen and oxygen atoms in total. The molecule has 0 spiro atoms. The smallest absolute Gasteiger partial charge is 0.337 e. The van der Waals surface area contributed by atoms with Gasteiger partial charge in [-0.1, -0.05) is 42.5 Å². The van der Waals surface area contributed by atoms with E-state index < -0.39 is 5.97 Å². The molecule has 34 heavy (non-hydrogen) atoms. The van der Waals surface area contributed by atoms with Gasteiger partial charge in [0, 0.05) is 17.3 Å². The maximum Gasteiger partial charge on any atom is 0.337 e. The zero-order valence-electron chi connectivity index (χ0n) is 18.3. The molecule has 1 aliphatic heterocycles. The highest BCUT2D eigenvalue weighted by atomic mass is 16.5. The number of pyridine rings is 1. The summed E-state index contributed by atoms with van der Waals surface area (Å²) in [6.07, 6.45) is 6.93. The van der Waals surface area contributed by atoms with Crippen LogP contribution in [0.2, 0.25) is 0 Å². The molecule has 0 radical (unpaired) electrons. The highest BCUT2D eigenvalue weighted by Crippen LogP contribution is 2.35. The molecule has 2 aromatic heterocycles. The first-order valence-electron chi connectivity index (χ1n) is 10.7. The fourth-order valence-corrected chi connectivity index (χ4v) is 3.81. The van der Waals surface area contributed by atoms with Gasteiger partial charge >= 0.3 is 5.97 Å². The van der Waals surface area contributed by atoms with Crippen molar-refractivity contribution in [3.63, 3.8) is 0 Å². The van der Waals surface area contributed by atoms with Crippen molar-refractivity contribution >= 4 is 29.3 Å². The Morgan fingerprint density at radius 3 is 2.44 bits per heavy atom. The van der Waals surface area contributed by atoms with Gasteiger partial charge in [0.2, 0.25) is 0 Å². The molecule has 2 aromatic carbocycles. The first-order chi connectivity index (χ1) is 16.6. The molecule has 1 aliphatic rings. The standard InChI is InChI=1S/C28H20N2O4/c1-33-28(32)21-11-9-20(10-12-21)26-14-13-24(34-26)16-22-17-25(19-6-3-2-4-7-19)30(27(22)31)23-8-5-15-29-18-23/h2-18H,1H3. The lowest BCUT2D eigenvalue weighted by molar-refractivity contribution is -0.113. The van der Waals surface area contributed by atoms with Crippen molar-refractivity contribution in [2.75, 3.05) is 12.0 Å². The molecule has 3 heterocycles. The predicted octanol–water partition coefficient (Wildman–Crippen LogP) is 5.60. The number of rotatable bonds is 5. The number of nitrogens with zero attached hydrogens (tertiary/aromatic N) is 2. The highest BCUT2D eigenvalue weighted by molar-refractivity contribution is 6.22. The summed E-state index contributed by atoms with van der Waals surface area (Å²) in [5, 5.41) is 0. The van der Waals surface area contributed by atoms with Crippen molar-refractivity contribution in [2.24, 2.45) is 0 Å². The summed E-state index contributed by atoms with van der Waals surface area (Å²) in [5.74, 6) is 0.625. The average molecular weight is 448 g/mol. The quantitative estimate of drug-likeness (QED) is 0.294. The van der Waals surface area contributed by atoms with Crippen LogP contribution < -0.4 is 4.90 Å². The first kappa shape index (κ1) is 21.2. The van der Waals surface area contributed by atoms with Crippen LogP contribution in [0.4, 0.5) is 5.69 Å². The Morgan fingerprint density at radius 2 is 1.74 bits per heavy atom. The second-order valence-corrected chi connectivity index (χ2v) is 7.62. The molecule has 0 atom stereocenters. The van der Waals surface area contributed by atoms with Crippen LogP contribution in [0, 0.1) is 0 Å². The normalized spacial score (nSPS) is 14.4. The van der Waals surface area contributed by atoms with E-state index in [0.29, 0.717) is 28.3 Å². The third kappa shape index (κ3) is 4.04. The van der Waals surface area contributed by atoms with E-state index in [1.807, 2.05) is 54.6 Å². The number of benzene rings is 2. The maximum absolute atomic E-state index is 13.4. The Hall–Kier alpha value is -4.71. The van der Waals surface area contributed by atoms with Crippen molar-refractivity contribution in [3.8, 4) is 11.3 Å². The molecule has 0 unspecified atom stereocenters. The number of aromatic nitrogens is 1. The summed E-state index contributed by atoms with van der Waals surface area (Å²) in [7, 11) is 1.35. The van der Waals surface area contributed by atoms with Crippen LogP contribution in [-0.2, 0) is 9.53 Å². The molecule has 0 fully saturated rings. The molecule has 0 bridgehead atoms. The van der Waals surface area contributed by atoms with E-state index in [1.165, 1.54) is 7.11 Å². The third-order valence-corrected chi connectivity index (χ3v) is 5.47. The van der Waals surface area contributed by atoms with Gasteiger partial charge in [0.25, 0.3) is 5.91 Å². The van der Waals surface area contributed by atoms with Crippen molar-refractivity contribution in [1.82, 2.24) is 4.98 Å². The van der Waals surface area contributed by atoms with Crippen molar-refractivity contribution in [2.45, 2.75) is 0 Å². The predicted molar refractivity (Wildman–Crippen MR) is 130 cm³/mol. The van der Waals surface area contributed by atoms with Crippen LogP contribution in [-0.4, -0.2) is 24.0 Å². The summed E-state index contributed by atoms with van der Waals surface area (Å²) in [4.78, 5) is 30.9. The largest absolute Gasteiger partial charge is 0.465 e. The molecule has 0 aliphatic carbocycles. The zero-order valence-corrected chi connectivity index (χ0v) is 18.3. The number of hydrogen-bond donors (Lipinski definition) is 0. The van der Waals surface area contributed by atoms with Gasteiger partial charge in [-0.15, -0.1) is 0 Å². The molecule has 0 saturated heterocycles. The number of carbonyl (C=O) groups excluding carboxylic acids is 2. The van der Waals surface area contributed by atoms with Crippen LogP contribution in [0.5, 0.6) is 0 Å². The van der Waals surface area contributed by atoms with Crippen molar-refractivity contribution in [3.05, 3.63) is 120 Å². The molecule has 5 rings (SSSR count). The maximum atomic E-state index is 13.4. The lowest BCUT2D eigenvalue weighted by atomic mass is 10.1. The topological polar surface area (TPSA) is 72.6 Å². The Morgan fingerprint density at radius 1 is 0.941 bits per heavy atom. The second-order valence-electron chi connectivity index (χ2n) is 7.62. The van der Waals surface area contributed by atoms with E-state index in [4.69, 9.17) is 9.15 Å². The Labute approximate surface area is 196 Å². The van der Waals surface area contributed by atoms with Gasteiger partial charge in [-0.2, -0.15) is 0 Å². The monoisotopic (exact) mass is 448 g/mol. The summed E-state index contributed by atoms with van der Waals surface area (Å²) in [5.41, 5.74) is 4.17. The fourth-order valence-electron chi connectivity index (χ4n) is 3.81. The lowest BCUT2D eigenvalue weighted by Crippen LogP contribution is -2.25. The number of ether oxygens (including phenoxy) is 1. The number of furan rings is 1. The number of hydrogen-bond acceptors (Lipinski definition) is 5. The van der Waals surface area contributed by atoms with Gasteiger partial charge in [0.05, 0.1) is 30.3 Å². The van der Waals surface area contributed by atoms with E-state index in [-0.39, 0.29) is 5.91 Å². The van der Waals surface area contributed by atoms with Crippen LogP contribution in [0.1, 0.15) is 21.7 Å². The third-order valence-electron chi connectivity index (χ3n) is 5.47. The molecular weight excluding hydrogens is 428 g/mol. The van der Waals surface area contributed by atoms with Crippen LogP contribution in [0.25, 0.3) is 23.1 Å². The van der Waals surface area contributed by atoms with E-state index in [1.54, 1.807) is 53.7 Å². The van der Waals surface area contributed by atoms with E-state index >= 15 is 0 Å². The molecular formula is C28H20N2O4. The number of methoxy groups -OCH3 is 1. The molecule has 6 heteroatoms. The molecule has 166 valence electrons. The Kier molecular flexibility index (Phi) is 5.62. The molecule has 4 aromatic rings. The van der Waals surface area contributed by atoms with Crippen LogP contribution >= 0.6 is 0 Å². The van der Waals surface area contributed by atoms with E-state index in [9.17, 15) is 9.59 Å². The Balaban J connectivity index is 1.48. The number of carbonyl (C=O) groups is 2. The van der Waals surface area contributed by atoms with Gasteiger partial charge in [-0.25, -0.2) is 4.79 Å². The van der Waals surface area contributed by atoms with Gasteiger partial charge in [0.15, 0.2) is 0 Å². The fraction of sp³-hybridized carbons (Fsp3) is 0.0357. The van der Waals surface area contributed by atoms with Gasteiger partial charge in [-0.3, -0.25) is 14.7 Å². The summed E-state index contributed by atoms with van der Waals surface area (Å²) in [6.45, 7) is 0. The minimum atomic E-state index is -0.393. The van der Waals surface area contributed by atoms with E-state index in [0.717, 1.165) is 16.8 Å². The summed E-state index contributed by atoms with van der Waals surface area (Å²) < 4.78 is 10.7. The zero-order chi connectivity index (χ0) is 23.5. The molecule has 1 amide bonds. The molecule has 0 N–H and O–H groups in total. The number of amides is 1. The van der Waals surface area contributed by atoms with Crippen LogP contribution in [0.3, 0.4) is 0 Å². The van der Waals surface area contributed by atoms with Crippen molar-refractivity contribution < 1.29 is 18.7 Å². The number of anilines is 1. The van der Waals surface area contributed by atoms with Gasteiger partial charge in [-0.05, 0) is 54.1 Å². The minimum Gasteiger partial charge on any atom is -0.465 e. The minimum absolute atomic E-state index is 0.160. The highest BCUT2D eigenvalue weighted by Gasteiger charge is 2.30. The Bertz CT molecular complexity index is 1400. The average Bonchev–Trinajstić information content (AvgIpc) is 3.49. The second kappa shape index (κ2) is 9.03. The van der Waals surface area contributed by atoms with Crippen molar-refractivity contribution in [1.29, 1.82) is 0 Å². The van der Waals surface area contributed by atoms with Gasteiger partial charge in [0.1, 0.15) is 11.5 Å². The van der Waals surface area contributed by atoms with E-state index in [2.05, 4.69) is 4.98 Å². The lowest BCUT2D eigenvalue weighted by Gasteiger charge is -2.20. The van der Waals surface area contributed by atoms with Crippen LogP contribution in [0.15, 0.2) is 107 Å². The first-order valence-corrected chi connectivity index (χ1v) is 10.7. The van der Waals surface area contributed by atoms with Gasteiger partial charge < -0.3 is 9.15 Å². The summed E-state index contributed by atoms with van der Waals surface area (Å²) >= 11 is 0.